The Balaban J connectivity index is 1.49. The monoisotopic (exact) mass is 554 g/mol. The van der Waals surface area contributed by atoms with Crippen LogP contribution in [0, 0.1) is 5.92 Å². The largest absolute Gasteiger partial charge is 0.483 e. The van der Waals surface area contributed by atoms with Crippen LogP contribution in [0.2, 0.25) is 0 Å². The number of piperidine rings is 1. The first-order valence-corrected chi connectivity index (χ1v) is 15.6. The second kappa shape index (κ2) is 9.29. The van der Waals surface area contributed by atoms with Gasteiger partial charge in [-0.15, -0.1) is 0 Å². The van der Waals surface area contributed by atoms with Gasteiger partial charge in [0.2, 0.25) is 10.0 Å². The topological polar surface area (TPSA) is 96.4 Å². The number of ether oxygens (including phenoxy) is 2. The van der Waals surface area contributed by atoms with Crippen molar-refractivity contribution in [1.29, 1.82) is 0 Å². The van der Waals surface area contributed by atoms with Gasteiger partial charge in [0, 0.05) is 25.1 Å². The summed E-state index contributed by atoms with van der Waals surface area (Å²) in [5, 5.41) is 12.6. The fourth-order valence-electron chi connectivity index (χ4n) is 7.93. The highest BCUT2D eigenvalue weighted by atomic mass is 32.2. The van der Waals surface area contributed by atoms with Crippen LogP contribution in [-0.2, 0) is 32.4 Å². The number of sulfonamides is 1. The average Bonchev–Trinajstić information content (AvgIpc) is 3.22. The van der Waals surface area contributed by atoms with E-state index in [1.165, 1.54) is 6.92 Å². The first-order chi connectivity index (χ1) is 18.5. The predicted molar refractivity (Wildman–Crippen MR) is 147 cm³/mol. The normalized spacial score (nSPS) is 31.2. The fraction of sp³-hybridized carbons (Fsp3) is 0.567. The van der Waals surface area contributed by atoms with Crippen molar-refractivity contribution in [2.45, 2.75) is 81.4 Å². The zero-order chi connectivity index (χ0) is 27.7. The summed E-state index contributed by atoms with van der Waals surface area (Å²) in [7, 11) is -1.66. The van der Waals surface area contributed by atoms with E-state index in [2.05, 4.69) is 11.9 Å². The Hall–Kier alpha value is -2.46. The molecule has 8 nitrogen and oxygen atoms in total. The van der Waals surface area contributed by atoms with Gasteiger partial charge in [-0.3, -0.25) is 4.79 Å². The van der Waals surface area contributed by atoms with Crippen molar-refractivity contribution in [3.8, 4) is 11.5 Å². The van der Waals surface area contributed by atoms with Gasteiger partial charge in [-0.1, -0.05) is 50.2 Å². The maximum atomic E-state index is 14.1. The number of rotatable bonds is 7. The number of benzene rings is 2. The molecule has 1 saturated heterocycles. The molecule has 39 heavy (non-hydrogen) atoms. The molecule has 6 rings (SSSR count). The van der Waals surface area contributed by atoms with Crippen molar-refractivity contribution in [2.75, 3.05) is 20.1 Å². The summed E-state index contributed by atoms with van der Waals surface area (Å²) in [5.74, 6) is 0.389. The first kappa shape index (κ1) is 26.7. The van der Waals surface area contributed by atoms with Crippen LogP contribution in [0.15, 0.2) is 42.5 Å². The van der Waals surface area contributed by atoms with Crippen LogP contribution in [0.3, 0.4) is 0 Å². The highest BCUT2D eigenvalue weighted by Gasteiger charge is 2.73. The van der Waals surface area contributed by atoms with Crippen molar-refractivity contribution in [2.24, 2.45) is 5.92 Å². The van der Waals surface area contributed by atoms with E-state index in [4.69, 9.17) is 9.47 Å². The molecule has 2 bridgehead atoms. The van der Waals surface area contributed by atoms with Gasteiger partial charge in [0.25, 0.3) is 0 Å². The lowest BCUT2D eigenvalue weighted by molar-refractivity contribution is -0.192. The van der Waals surface area contributed by atoms with Gasteiger partial charge in [0.05, 0.1) is 22.8 Å². The Morgan fingerprint density at radius 2 is 1.95 bits per heavy atom. The molecule has 5 atom stereocenters. The van der Waals surface area contributed by atoms with E-state index >= 15 is 0 Å². The molecule has 2 aliphatic carbocycles. The van der Waals surface area contributed by atoms with Crippen LogP contribution in [0.5, 0.6) is 11.5 Å². The molecule has 1 saturated carbocycles. The summed E-state index contributed by atoms with van der Waals surface area (Å²) in [4.78, 5) is 14.2. The van der Waals surface area contributed by atoms with Crippen LogP contribution in [0.1, 0.15) is 56.7 Å². The molecule has 210 valence electrons. The van der Waals surface area contributed by atoms with E-state index in [1.807, 2.05) is 50.2 Å². The number of esters is 1. The lowest BCUT2D eigenvalue weighted by atomic mass is 9.48. The quantitative estimate of drug-likeness (QED) is 0.415. The van der Waals surface area contributed by atoms with Crippen LogP contribution in [0.4, 0.5) is 0 Å². The van der Waals surface area contributed by atoms with Gasteiger partial charge < -0.3 is 19.5 Å². The van der Waals surface area contributed by atoms with Crippen molar-refractivity contribution >= 4 is 16.0 Å². The number of hydrogen-bond acceptors (Lipinski definition) is 7. The van der Waals surface area contributed by atoms with E-state index in [1.54, 1.807) is 10.4 Å². The zero-order valence-electron chi connectivity index (χ0n) is 23.1. The minimum Gasteiger partial charge on any atom is -0.483 e. The maximum absolute atomic E-state index is 14.1. The van der Waals surface area contributed by atoms with E-state index in [0.29, 0.717) is 43.7 Å². The molecule has 2 aliphatic heterocycles. The molecule has 4 aliphatic rings. The molecule has 2 fully saturated rings. The standard InChI is InChI=1S/C30H38N2O6S/c1-19(2)17-32(39(35,36)18-21-8-6-5-7-9-21)23-12-13-30(34)25-16-22-10-11-24(37-20(3)33)27-26(22)29(30,28(23)38-27)14-15-31(25)4/h5-11,19,23,25,28,34H,12-18H2,1-4H3/t23?,25-,28?,29+,30-/m1/s1. The summed E-state index contributed by atoms with van der Waals surface area (Å²) in [6.07, 6.45) is 1.66. The van der Waals surface area contributed by atoms with Crippen molar-refractivity contribution in [1.82, 2.24) is 9.21 Å². The number of carbonyl (C=O) groups excluding carboxylic acids is 1. The van der Waals surface area contributed by atoms with Crippen molar-refractivity contribution in [3.05, 3.63) is 59.2 Å². The number of likely N-dealkylation sites (N-methyl/N-ethyl adjacent to an activating group) is 1. The van der Waals surface area contributed by atoms with Crippen LogP contribution >= 0.6 is 0 Å². The molecule has 1 N–H and O–H groups in total. The summed E-state index contributed by atoms with van der Waals surface area (Å²) in [6.45, 7) is 6.53. The summed E-state index contributed by atoms with van der Waals surface area (Å²) < 4.78 is 42.2. The van der Waals surface area contributed by atoms with Crippen molar-refractivity contribution < 1.29 is 27.8 Å². The highest BCUT2D eigenvalue weighted by Crippen LogP contribution is 2.66. The number of carbonyl (C=O) groups is 1. The Morgan fingerprint density at radius 1 is 1.21 bits per heavy atom. The van der Waals surface area contributed by atoms with Gasteiger partial charge in [0.1, 0.15) is 6.10 Å². The summed E-state index contributed by atoms with van der Waals surface area (Å²) >= 11 is 0. The minimum atomic E-state index is -3.72. The lowest BCUT2D eigenvalue weighted by Crippen LogP contribution is -2.78. The van der Waals surface area contributed by atoms with Gasteiger partial charge in [-0.25, -0.2) is 8.42 Å². The van der Waals surface area contributed by atoms with E-state index in [0.717, 1.165) is 23.2 Å². The molecule has 2 aromatic carbocycles. The molecular weight excluding hydrogens is 516 g/mol. The van der Waals surface area contributed by atoms with E-state index in [-0.39, 0.29) is 17.7 Å². The summed E-state index contributed by atoms with van der Waals surface area (Å²) in [5.41, 5.74) is 0.856. The van der Waals surface area contributed by atoms with Gasteiger partial charge >= 0.3 is 5.97 Å². The third kappa shape index (κ3) is 3.96. The molecule has 1 spiro atoms. The first-order valence-electron chi connectivity index (χ1n) is 14.0. The van der Waals surface area contributed by atoms with Gasteiger partial charge in [-0.05, 0) is 62.4 Å². The number of hydrogen-bond donors (Lipinski definition) is 1. The Bertz CT molecular complexity index is 1400. The van der Waals surface area contributed by atoms with Gasteiger partial charge in [-0.2, -0.15) is 4.31 Å². The SMILES string of the molecule is CC(=O)Oc1ccc2c3c1OC1C(N(CC(C)C)S(=O)(=O)Cc4ccccc4)CC[C@@]4(O)[C@@H](C2)N(C)CC[C@]314. The third-order valence-electron chi connectivity index (χ3n) is 9.40. The lowest BCUT2D eigenvalue weighted by Gasteiger charge is -2.64. The second-order valence-electron chi connectivity index (χ2n) is 12.2. The zero-order valence-corrected chi connectivity index (χ0v) is 23.9. The molecule has 0 aromatic heterocycles. The van der Waals surface area contributed by atoms with E-state index < -0.39 is 39.2 Å². The minimum absolute atomic E-state index is 0.0939. The Kier molecular flexibility index (Phi) is 6.37. The molecule has 0 radical (unpaired) electrons. The van der Waals surface area contributed by atoms with Gasteiger partial charge in [0.15, 0.2) is 11.5 Å². The molecule has 9 heteroatoms. The van der Waals surface area contributed by atoms with E-state index in [9.17, 15) is 18.3 Å². The third-order valence-corrected chi connectivity index (χ3v) is 11.2. The maximum Gasteiger partial charge on any atom is 0.308 e. The molecule has 0 amide bonds. The van der Waals surface area contributed by atoms with Crippen LogP contribution in [-0.4, -0.2) is 72.6 Å². The predicted octanol–water partition coefficient (Wildman–Crippen LogP) is 3.25. The molecule has 2 heterocycles. The van der Waals surface area contributed by atoms with Crippen LogP contribution < -0.4 is 9.47 Å². The number of aliphatic hydroxyl groups is 1. The summed E-state index contributed by atoms with van der Waals surface area (Å²) in [6, 6.07) is 12.5. The smallest absolute Gasteiger partial charge is 0.308 e. The number of likely N-dealkylation sites (tertiary alicyclic amines) is 1. The average molecular weight is 555 g/mol. The van der Waals surface area contributed by atoms with Crippen molar-refractivity contribution in [3.63, 3.8) is 0 Å². The highest BCUT2D eigenvalue weighted by molar-refractivity contribution is 7.88. The Morgan fingerprint density at radius 3 is 2.64 bits per heavy atom. The molecule has 2 unspecified atom stereocenters. The number of nitrogens with zero attached hydrogens (tertiary/aromatic N) is 2. The molecular formula is C30H38N2O6S. The Labute approximate surface area is 230 Å². The fourth-order valence-corrected chi connectivity index (χ4v) is 9.86. The molecule has 2 aromatic rings. The van der Waals surface area contributed by atoms with Crippen LogP contribution in [0.25, 0.3) is 0 Å². The second-order valence-corrected chi connectivity index (χ2v) is 14.1.